The van der Waals surface area contributed by atoms with Gasteiger partial charge in [-0.05, 0) is 52.2 Å². The molecule has 2 saturated heterocycles. The highest BCUT2D eigenvalue weighted by molar-refractivity contribution is 5.80. The van der Waals surface area contributed by atoms with Crippen molar-refractivity contribution in [1.29, 1.82) is 0 Å². The third kappa shape index (κ3) is 3.51. The van der Waals surface area contributed by atoms with Crippen molar-refractivity contribution in [2.45, 2.75) is 65.1 Å². The Kier molecular flexibility index (Phi) is 4.52. The number of nitrogens with zero attached hydrogens (tertiary/aromatic N) is 2. The fourth-order valence-electron chi connectivity index (χ4n) is 3.92. The molecule has 0 aliphatic carbocycles. The van der Waals surface area contributed by atoms with Crippen molar-refractivity contribution in [3.8, 4) is 0 Å². The lowest BCUT2D eigenvalue weighted by Gasteiger charge is -2.45. The summed E-state index contributed by atoms with van der Waals surface area (Å²) in [6, 6.07) is 6.21. The van der Waals surface area contributed by atoms with Gasteiger partial charge >= 0.3 is 6.09 Å². The zero-order valence-electron chi connectivity index (χ0n) is 15.8. The Morgan fingerprint density at radius 3 is 2.60 bits per heavy atom. The molecule has 5 nitrogen and oxygen atoms in total. The first-order valence-corrected chi connectivity index (χ1v) is 9.03. The number of fused-ring (bicyclic) bond motifs is 1. The van der Waals surface area contributed by atoms with Crippen molar-refractivity contribution in [3.63, 3.8) is 0 Å². The number of carbonyl (C=O) groups excluding carboxylic acids is 2. The molecular weight excluding hydrogens is 316 g/mol. The van der Waals surface area contributed by atoms with Crippen molar-refractivity contribution in [2.75, 3.05) is 13.1 Å². The quantitative estimate of drug-likeness (QED) is 0.782. The van der Waals surface area contributed by atoms with Gasteiger partial charge in [0.2, 0.25) is 5.91 Å². The predicted octanol–water partition coefficient (Wildman–Crippen LogP) is 3.59. The second-order valence-electron chi connectivity index (χ2n) is 8.17. The zero-order chi connectivity index (χ0) is 18.4. The molecule has 0 N–H and O–H groups in total. The SMILES string of the molecule is Cc1ccc(C)c(C2C3CCC(=O)N3CCN2C(=O)OC(C)(C)C)c1. The van der Waals surface area contributed by atoms with Gasteiger partial charge in [-0.25, -0.2) is 4.79 Å². The number of amides is 2. The maximum absolute atomic E-state index is 12.9. The Morgan fingerprint density at radius 2 is 1.92 bits per heavy atom. The minimum Gasteiger partial charge on any atom is -0.444 e. The molecule has 0 bridgehead atoms. The van der Waals surface area contributed by atoms with Crippen LogP contribution in [0.5, 0.6) is 0 Å². The minimum atomic E-state index is -0.536. The van der Waals surface area contributed by atoms with E-state index in [9.17, 15) is 9.59 Å². The largest absolute Gasteiger partial charge is 0.444 e. The highest BCUT2D eigenvalue weighted by Gasteiger charge is 2.46. The van der Waals surface area contributed by atoms with E-state index in [1.54, 1.807) is 0 Å². The number of carbonyl (C=O) groups is 2. The van der Waals surface area contributed by atoms with Crippen molar-refractivity contribution in [1.82, 2.24) is 9.80 Å². The summed E-state index contributed by atoms with van der Waals surface area (Å²) in [5, 5.41) is 0. The molecule has 2 aliphatic heterocycles. The summed E-state index contributed by atoms with van der Waals surface area (Å²) in [7, 11) is 0. The summed E-state index contributed by atoms with van der Waals surface area (Å²) >= 11 is 0. The molecule has 136 valence electrons. The summed E-state index contributed by atoms with van der Waals surface area (Å²) < 4.78 is 5.66. The molecule has 2 atom stereocenters. The van der Waals surface area contributed by atoms with Gasteiger partial charge in [0.25, 0.3) is 0 Å². The number of ether oxygens (including phenoxy) is 1. The van der Waals surface area contributed by atoms with Crippen LogP contribution in [-0.2, 0) is 9.53 Å². The molecule has 2 aliphatic rings. The van der Waals surface area contributed by atoms with Crippen molar-refractivity contribution in [2.24, 2.45) is 0 Å². The molecule has 1 aromatic rings. The van der Waals surface area contributed by atoms with Crippen LogP contribution in [0, 0.1) is 13.8 Å². The van der Waals surface area contributed by atoms with E-state index in [1.165, 1.54) is 0 Å². The lowest BCUT2D eigenvalue weighted by Crippen LogP contribution is -2.56. The van der Waals surface area contributed by atoms with Crippen LogP contribution in [0.4, 0.5) is 4.79 Å². The van der Waals surface area contributed by atoms with Gasteiger partial charge in [0.05, 0.1) is 12.1 Å². The standard InChI is InChI=1S/C20H28N2O3/c1-13-6-7-14(2)15(12-13)18-16-8-9-17(23)21(16)10-11-22(18)19(24)25-20(3,4)5/h6-7,12,16,18H,8-11H2,1-5H3. The highest BCUT2D eigenvalue weighted by atomic mass is 16.6. The Morgan fingerprint density at radius 1 is 1.20 bits per heavy atom. The zero-order valence-corrected chi connectivity index (χ0v) is 15.8. The summed E-state index contributed by atoms with van der Waals surface area (Å²) in [6.07, 6.45) is 1.06. The lowest BCUT2D eigenvalue weighted by atomic mass is 9.90. The fraction of sp³-hybridized carbons (Fsp3) is 0.600. The van der Waals surface area contributed by atoms with Gasteiger partial charge in [-0.3, -0.25) is 9.69 Å². The van der Waals surface area contributed by atoms with E-state index < -0.39 is 5.60 Å². The molecule has 2 fully saturated rings. The van der Waals surface area contributed by atoms with Gasteiger partial charge < -0.3 is 9.64 Å². The Bertz CT molecular complexity index is 693. The van der Waals surface area contributed by atoms with E-state index in [0.717, 1.165) is 23.1 Å². The molecule has 2 unspecified atom stereocenters. The number of piperazine rings is 1. The Hall–Kier alpha value is -2.04. The van der Waals surface area contributed by atoms with E-state index in [1.807, 2.05) is 30.6 Å². The van der Waals surface area contributed by atoms with Crippen LogP contribution in [0.25, 0.3) is 0 Å². The smallest absolute Gasteiger partial charge is 0.410 e. The van der Waals surface area contributed by atoms with Gasteiger partial charge in [0.15, 0.2) is 0 Å². The van der Waals surface area contributed by atoms with Crippen LogP contribution in [0.3, 0.4) is 0 Å². The Balaban J connectivity index is 2.00. The second-order valence-corrected chi connectivity index (χ2v) is 8.17. The molecular formula is C20H28N2O3. The lowest BCUT2D eigenvalue weighted by molar-refractivity contribution is -0.132. The van der Waals surface area contributed by atoms with Gasteiger partial charge in [0.1, 0.15) is 5.60 Å². The van der Waals surface area contributed by atoms with Gasteiger partial charge in [0, 0.05) is 19.5 Å². The van der Waals surface area contributed by atoms with Gasteiger partial charge in [-0.2, -0.15) is 0 Å². The van der Waals surface area contributed by atoms with Crippen LogP contribution in [0.2, 0.25) is 0 Å². The number of benzene rings is 1. The monoisotopic (exact) mass is 344 g/mol. The van der Waals surface area contributed by atoms with E-state index in [0.29, 0.717) is 19.5 Å². The summed E-state index contributed by atoms with van der Waals surface area (Å²) in [4.78, 5) is 28.9. The number of hydrogen-bond donors (Lipinski definition) is 0. The summed E-state index contributed by atoms with van der Waals surface area (Å²) in [6.45, 7) is 10.9. The third-order valence-corrected chi connectivity index (χ3v) is 5.04. The van der Waals surface area contributed by atoms with Crippen molar-refractivity contribution in [3.05, 3.63) is 34.9 Å². The number of rotatable bonds is 1. The summed E-state index contributed by atoms with van der Waals surface area (Å²) in [5.74, 6) is 0.198. The number of hydrogen-bond acceptors (Lipinski definition) is 3. The number of aryl methyl sites for hydroxylation is 2. The van der Waals surface area contributed by atoms with Crippen LogP contribution in [0.1, 0.15) is 56.3 Å². The molecule has 0 saturated carbocycles. The minimum absolute atomic E-state index is 0.0364. The first-order chi connectivity index (χ1) is 11.7. The molecule has 5 heteroatoms. The predicted molar refractivity (Wildman–Crippen MR) is 96.3 cm³/mol. The molecule has 1 aromatic carbocycles. The van der Waals surface area contributed by atoms with E-state index >= 15 is 0 Å². The average Bonchev–Trinajstić information content (AvgIpc) is 2.89. The van der Waals surface area contributed by atoms with E-state index in [4.69, 9.17) is 4.74 Å². The molecule has 3 rings (SSSR count). The third-order valence-electron chi connectivity index (χ3n) is 5.04. The van der Waals surface area contributed by atoms with E-state index in [-0.39, 0.29) is 24.1 Å². The van der Waals surface area contributed by atoms with Crippen LogP contribution >= 0.6 is 0 Å². The summed E-state index contributed by atoms with van der Waals surface area (Å²) in [5.41, 5.74) is 2.89. The first kappa shape index (κ1) is 17.8. The van der Waals surface area contributed by atoms with Crippen LogP contribution < -0.4 is 0 Å². The maximum atomic E-state index is 12.9. The molecule has 2 amide bonds. The van der Waals surface area contributed by atoms with Crippen molar-refractivity contribution >= 4 is 12.0 Å². The van der Waals surface area contributed by atoms with Crippen LogP contribution in [0.15, 0.2) is 18.2 Å². The Labute approximate surface area is 149 Å². The average molecular weight is 344 g/mol. The maximum Gasteiger partial charge on any atom is 0.410 e. The van der Waals surface area contributed by atoms with Gasteiger partial charge in [-0.1, -0.05) is 23.8 Å². The molecule has 25 heavy (non-hydrogen) atoms. The second kappa shape index (κ2) is 6.36. The van der Waals surface area contributed by atoms with Crippen LogP contribution in [-0.4, -0.2) is 46.5 Å². The molecule has 0 radical (unpaired) electrons. The van der Waals surface area contributed by atoms with E-state index in [2.05, 4.69) is 32.0 Å². The van der Waals surface area contributed by atoms with Crippen molar-refractivity contribution < 1.29 is 14.3 Å². The topological polar surface area (TPSA) is 49.9 Å². The normalized spacial score (nSPS) is 23.6. The van der Waals surface area contributed by atoms with Gasteiger partial charge in [-0.15, -0.1) is 0 Å². The fourth-order valence-corrected chi connectivity index (χ4v) is 3.92. The molecule has 0 spiro atoms. The molecule has 2 heterocycles. The highest BCUT2D eigenvalue weighted by Crippen LogP contribution is 2.39. The molecule has 0 aromatic heterocycles. The first-order valence-electron chi connectivity index (χ1n) is 9.03.